The highest BCUT2D eigenvalue weighted by molar-refractivity contribution is 7.85. The highest BCUT2D eigenvalue weighted by Crippen LogP contribution is 2.23. The van der Waals surface area contributed by atoms with Gasteiger partial charge in [0.05, 0.1) is 26.9 Å². The smallest absolute Gasteiger partial charge is 0.0589 e. The Kier molecular flexibility index (Phi) is 5.81. The number of nitrogens with zero attached hydrogens (tertiary/aromatic N) is 3. The van der Waals surface area contributed by atoms with Gasteiger partial charge in [0.25, 0.3) is 0 Å². The van der Waals surface area contributed by atoms with Crippen LogP contribution in [0.25, 0.3) is 0 Å². The van der Waals surface area contributed by atoms with Gasteiger partial charge in [0.15, 0.2) is 0 Å². The number of rotatable bonds is 6. The van der Waals surface area contributed by atoms with E-state index in [0.717, 1.165) is 12.1 Å². The fourth-order valence-corrected chi connectivity index (χ4v) is 3.80. The summed E-state index contributed by atoms with van der Waals surface area (Å²) in [5, 5.41) is 5.17. The Bertz CT molecular complexity index is 645. The molecule has 0 spiro atoms. The number of hydrogen-bond donors (Lipinski definition) is 0. The Morgan fingerprint density at radius 2 is 2.14 bits per heavy atom. The third-order valence-electron chi connectivity index (χ3n) is 3.01. The van der Waals surface area contributed by atoms with Crippen molar-refractivity contribution in [1.29, 1.82) is 0 Å². The maximum absolute atomic E-state index is 12.3. The first-order valence-electron chi connectivity index (χ1n) is 6.45. The molecule has 0 N–H and O–H groups in total. The summed E-state index contributed by atoms with van der Waals surface area (Å²) in [6, 6.07) is 5.04. The predicted molar refractivity (Wildman–Crippen MR) is 87.3 cm³/mol. The molecular formula is C14H17Cl2N3OS. The highest BCUT2D eigenvalue weighted by atomic mass is 35.5. The van der Waals surface area contributed by atoms with Crippen LogP contribution in [0.4, 0.5) is 0 Å². The van der Waals surface area contributed by atoms with Crippen molar-refractivity contribution in [3.8, 4) is 0 Å². The summed E-state index contributed by atoms with van der Waals surface area (Å²) in [5.41, 5.74) is 1.13. The number of aromatic nitrogens is 2. The molecule has 0 radical (unpaired) electrons. The predicted octanol–water partition coefficient (Wildman–Crippen LogP) is 2.97. The summed E-state index contributed by atoms with van der Waals surface area (Å²) < 4.78 is 14.1. The molecule has 1 aromatic carbocycles. The van der Waals surface area contributed by atoms with Gasteiger partial charge in [-0.2, -0.15) is 5.10 Å². The van der Waals surface area contributed by atoms with E-state index in [0.29, 0.717) is 27.2 Å². The van der Waals surface area contributed by atoms with E-state index in [1.165, 1.54) is 0 Å². The Labute approximate surface area is 137 Å². The van der Waals surface area contributed by atoms with Crippen LogP contribution in [0.3, 0.4) is 0 Å². The first-order valence-corrected chi connectivity index (χ1v) is 8.52. The van der Waals surface area contributed by atoms with Crippen molar-refractivity contribution >= 4 is 34.0 Å². The second-order valence-electron chi connectivity index (χ2n) is 4.88. The standard InChI is InChI=1S/C14H17Cl2N3OS/c1-18(9-11-8-17-19(2)10-11)5-6-21(20)14-7-12(15)3-4-13(14)16/h3-4,7-8,10H,5-6,9H2,1-2H3. The van der Waals surface area contributed by atoms with Crippen LogP contribution in [-0.2, 0) is 24.4 Å². The normalized spacial score (nSPS) is 12.8. The molecule has 21 heavy (non-hydrogen) atoms. The van der Waals surface area contributed by atoms with E-state index < -0.39 is 10.8 Å². The van der Waals surface area contributed by atoms with Gasteiger partial charge in [-0.25, -0.2) is 0 Å². The monoisotopic (exact) mass is 345 g/mol. The van der Waals surface area contributed by atoms with Crippen LogP contribution < -0.4 is 0 Å². The van der Waals surface area contributed by atoms with Crippen LogP contribution in [0.15, 0.2) is 35.5 Å². The summed E-state index contributed by atoms with van der Waals surface area (Å²) in [7, 11) is 2.72. The highest BCUT2D eigenvalue weighted by Gasteiger charge is 2.11. The van der Waals surface area contributed by atoms with Crippen molar-refractivity contribution in [1.82, 2.24) is 14.7 Å². The molecule has 114 valence electrons. The van der Waals surface area contributed by atoms with Crippen LogP contribution in [0.5, 0.6) is 0 Å². The van der Waals surface area contributed by atoms with Gasteiger partial charge >= 0.3 is 0 Å². The van der Waals surface area contributed by atoms with Gasteiger partial charge in [-0.05, 0) is 25.2 Å². The quantitative estimate of drug-likeness (QED) is 0.807. The summed E-state index contributed by atoms with van der Waals surface area (Å²) in [5.74, 6) is 0.511. The van der Waals surface area contributed by atoms with Gasteiger partial charge in [-0.15, -0.1) is 0 Å². The zero-order valence-corrected chi connectivity index (χ0v) is 14.3. The lowest BCUT2D eigenvalue weighted by molar-refractivity contribution is 0.347. The number of halogens is 2. The maximum atomic E-state index is 12.3. The molecule has 0 bridgehead atoms. The molecule has 0 saturated heterocycles. The minimum Gasteiger partial charge on any atom is -0.301 e. The minimum absolute atomic E-state index is 0.493. The molecule has 0 fully saturated rings. The SMILES string of the molecule is CN(CCS(=O)c1cc(Cl)ccc1Cl)Cc1cnn(C)c1. The summed E-state index contributed by atoms with van der Waals surface area (Å²) in [6.45, 7) is 1.47. The molecule has 0 aliphatic heterocycles. The number of hydrogen-bond acceptors (Lipinski definition) is 3. The van der Waals surface area contributed by atoms with Crippen LogP contribution in [-0.4, -0.2) is 38.2 Å². The molecule has 1 aromatic heterocycles. The van der Waals surface area contributed by atoms with Gasteiger partial charge in [0.2, 0.25) is 0 Å². The van der Waals surface area contributed by atoms with E-state index in [9.17, 15) is 4.21 Å². The molecule has 1 heterocycles. The third-order valence-corrected chi connectivity index (χ3v) is 5.07. The molecule has 2 aromatic rings. The zero-order valence-electron chi connectivity index (χ0n) is 11.9. The van der Waals surface area contributed by atoms with Crippen LogP contribution in [0, 0.1) is 0 Å². The summed E-state index contributed by atoms with van der Waals surface area (Å²) in [6.07, 6.45) is 3.81. The summed E-state index contributed by atoms with van der Waals surface area (Å²) >= 11 is 12.0. The largest absolute Gasteiger partial charge is 0.301 e. The van der Waals surface area contributed by atoms with Crippen molar-refractivity contribution in [3.63, 3.8) is 0 Å². The van der Waals surface area contributed by atoms with Crippen molar-refractivity contribution in [2.24, 2.45) is 7.05 Å². The van der Waals surface area contributed by atoms with Gasteiger partial charge < -0.3 is 4.90 Å². The zero-order chi connectivity index (χ0) is 15.4. The number of aryl methyl sites for hydroxylation is 1. The van der Waals surface area contributed by atoms with Gasteiger partial charge in [-0.1, -0.05) is 23.2 Å². The Morgan fingerprint density at radius 1 is 1.38 bits per heavy atom. The van der Waals surface area contributed by atoms with Gasteiger partial charge in [0, 0.05) is 42.7 Å². The number of benzene rings is 1. The fourth-order valence-electron chi connectivity index (χ4n) is 1.94. The van der Waals surface area contributed by atoms with E-state index in [1.54, 1.807) is 22.9 Å². The van der Waals surface area contributed by atoms with E-state index in [2.05, 4.69) is 10.00 Å². The fraction of sp³-hybridized carbons (Fsp3) is 0.357. The van der Waals surface area contributed by atoms with E-state index in [-0.39, 0.29) is 0 Å². The molecule has 1 unspecified atom stereocenters. The molecule has 0 aliphatic rings. The molecular weight excluding hydrogens is 329 g/mol. The van der Waals surface area contributed by atoms with E-state index in [4.69, 9.17) is 23.2 Å². The minimum atomic E-state index is -1.16. The topological polar surface area (TPSA) is 38.1 Å². The Hall–Kier alpha value is -0.880. The molecule has 0 saturated carbocycles. The first kappa shape index (κ1) is 16.5. The molecule has 0 aliphatic carbocycles. The average molecular weight is 346 g/mol. The van der Waals surface area contributed by atoms with Gasteiger partial charge in [0.1, 0.15) is 0 Å². The first-order chi connectivity index (χ1) is 9.95. The van der Waals surface area contributed by atoms with Crippen molar-refractivity contribution in [2.75, 3.05) is 19.3 Å². The average Bonchev–Trinajstić information content (AvgIpc) is 2.84. The second-order valence-corrected chi connectivity index (χ2v) is 7.27. The lowest BCUT2D eigenvalue weighted by Gasteiger charge is -2.15. The van der Waals surface area contributed by atoms with Crippen molar-refractivity contribution in [3.05, 3.63) is 46.2 Å². The van der Waals surface area contributed by atoms with Crippen LogP contribution >= 0.6 is 23.2 Å². The second kappa shape index (κ2) is 7.40. The van der Waals surface area contributed by atoms with E-state index in [1.807, 2.05) is 26.5 Å². The van der Waals surface area contributed by atoms with Crippen LogP contribution in [0.2, 0.25) is 10.0 Å². The van der Waals surface area contributed by atoms with Gasteiger partial charge in [-0.3, -0.25) is 8.89 Å². The maximum Gasteiger partial charge on any atom is 0.0589 e. The third kappa shape index (κ3) is 4.81. The molecule has 1 atom stereocenters. The lowest BCUT2D eigenvalue weighted by Crippen LogP contribution is -2.23. The van der Waals surface area contributed by atoms with Crippen molar-refractivity contribution in [2.45, 2.75) is 11.4 Å². The molecule has 7 heteroatoms. The van der Waals surface area contributed by atoms with Crippen molar-refractivity contribution < 1.29 is 4.21 Å². The Morgan fingerprint density at radius 3 is 2.81 bits per heavy atom. The molecule has 0 amide bonds. The lowest BCUT2D eigenvalue weighted by atomic mass is 10.3. The Balaban J connectivity index is 1.90. The molecule has 4 nitrogen and oxygen atoms in total. The molecule has 2 rings (SSSR count). The van der Waals surface area contributed by atoms with Crippen LogP contribution in [0.1, 0.15) is 5.56 Å². The summed E-state index contributed by atoms with van der Waals surface area (Å²) in [4.78, 5) is 2.70. The van der Waals surface area contributed by atoms with E-state index >= 15 is 0 Å².